The van der Waals surface area contributed by atoms with Crippen LogP contribution < -0.4 is 5.32 Å². The van der Waals surface area contributed by atoms with Crippen LogP contribution in [0.25, 0.3) is 0 Å². The van der Waals surface area contributed by atoms with Crippen LogP contribution in [0.3, 0.4) is 0 Å². The molecule has 0 radical (unpaired) electrons. The fourth-order valence-electron chi connectivity index (χ4n) is 1.48. The van der Waals surface area contributed by atoms with Gasteiger partial charge in [0.2, 0.25) is 0 Å². The van der Waals surface area contributed by atoms with Crippen molar-refractivity contribution in [2.45, 2.75) is 27.2 Å². The van der Waals surface area contributed by atoms with E-state index in [-0.39, 0.29) is 0 Å². The summed E-state index contributed by atoms with van der Waals surface area (Å²) in [5, 5.41) is 3.42. The molecule has 0 aromatic heterocycles. The molecule has 1 unspecified atom stereocenters. The minimum Gasteiger partial charge on any atom is -0.316 e. The molecular weight excluding hydrogens is 148 g/mol. The maximum absolute atomic E-state index is 3.42. The molecule has 0 saturated heterocycles. The van der Waals surface area contributed by atoms with Crippen molar-refractivity contribution in [3.8, 4) is 0 Å². The highest BCUT2D eigenvalue weighted by Crippen LogP contribution is 2.20. The van der Waals surface area contributed by atoms with Crippen molar-refractivity contribution >= 4 is 0 Å². The Balaban J connectivity index is 3.86. The Morgan fingerprint density at radius 1 is 1.25 bits per heavy atom. The van der Waals surface area contributed by atoms with E-state index < -0.39 is 0 Å². The van der Waals surface area contributed by atoms with Crippen LogP contribution in [0.5, 0.6) is 0 Å². The maximum atomic E-state index is 3.42. The van der Waals surface area contributed by atoms with Gasteiger partial charge >= 0.3 is 0 Å². The van der Waals surface area contributed by atoms with Crippen molar-refractivity contribution in [1.82, 2.24) is 10.2 Å². The first-order valence-corrected chi connectivity index (χ1v) is 4.89. The number of rotatable bonds is 6. The molecule has 12 heavy (non-hydrogen) atoms. The molecule has 1 atom stereocenters. The van der Waals surface area contributed by atoms with Gasteiger partial charge < -0.3 is 10.2 Å². The Kier molecular flexibility index (Phi) is 5.51. The molecule has 0 saturated carbocycles. The summed E-state index contributed by atoms with van der Waals surface area (Å²) in [5.41, 5.74) is 0.430. The normalized spacial score (nSPS) is 16.5. The van der Waals surface area contributed by atoms with Crippen molar-refractivity contribution in [2.75, 3.05) is 33.7 Å². The molecule has 0 heterocycles. The van der Waals surface area contributed by atoms with Crippen LogP contribution >= 0.6 is 0 Å². The van der Waals surface area contributed by atoms with Crippen molar-refractivity contribution in [1.29, 1.82) is 0 Å². The van der Waals surface area contributed by atoms with Gasteiger partial charge in [0.05, 0.1) is 0 Å². The molecule has 0 aliphatic rings. The first-order chi connectivity index (χ1) is 5.54. The summed E-state index contributed by atoms with van der Waals surface area (Å²) < 4.78 is 0. The third-order valence-electron chi connectivity index (χ3n) is 2.35. The van der Waals surface area contributed by atoms with Gasteiger partial charge in [-0.2, -0.15) is 0 Å². The van der Waals surface area contributed by atoms with E-state index in [0.29, 0.717) is 5.41 Å². The van der Waals surface area contributed by atoms with Gasteiger partial charge in [-0.05, 0) is 32.5 Å². The number of nitrogens with one attached hydrogen (secondary N) is 1. The zero-order chi connectivity index (χ0) is 9.61. The molecular formula is C10H24N2. The fraction of sp³-hybridized carbons (Fsp3) is 1.00. The van der Waals surface area contributed by atoms with Crippen molar-refractivity contribution in [3.05, 3.63) is 0 Å². The first-order valence-electron chi connectivity index (χ1n) is 4.89. The molecule has 0 bridgehead atoms. The zero-order valence-corrected chi connectivity index (χ0v) is 9.28. The van der Waals surface area contributed by atoms with Gasteiger partial charge in [0.25, 0.3) is 0 Å². The summed E-state index contributed by atoms with van der Waals surface area (Å²) in [6, 6.07) is 0. The first kappa shape index (κ1) is 11.9. The van der Waals surface area contributed by atoms with Gasteiger partial charge in [-0.15, -0.1) is 0 Å². The lowest BCUT2D eigenvalue weighted by Gasteiger charge is -2.31. The van der Waals surface area contributed by atoms with Crippen LogP contribution in [0.2, 0.25) is 0 Å². The Labute approximate surface area is 77.3 Å². The molecule has 1 N–H and O–H groups in total. The van der Waals surface area contributed by atoms with Gasteiger partial charge in [-0.3, -0.25) is 0 Å². The van der Waals surface area contributed by atoms with E-state index in [1.165, 1.54) is 6.42 Å². The molecule has 0 aromatic carbocycles. The highest BCUT2D eigenvalue weighted by molar-refractivity contribution is 4.77. The molecule has 2 nitrogen and oxygen atoms in total. The van der Waals surface area contributed by atoms with Crippen molar-refractivity contribution in [2.24, 2.45) is 5.41 Å². The SMILES string of the molecule is CCNCC(C)(CC)CN(C)C. The Hall–Kier alpha value is -0.0800. The third kappa shape index (κ3) is 4.73. The van der Waals surface area contributed by atoms with E-state index in [0.717, 1.165) is 19.6 Å². The number of hydrogen-bond donors (Lipinski definition) is 1. The lowest BCUT2D eigenvalue weighted by molar-refractivity contribution is 0.205. The topological polar surface area (TPSA) is 15.3 Å². The second kappa shape index (κ2) is 5.55. The highest BCUT2D eigenvalue weighted by Gasteiger charge is 2.21. The van der Waals surface area contributed by atoms with Gasteiger partial charge in [0, 0.05) is 13.1 Å². The van der Waals surface area contributed by atoms with E-state index >= 15 is 0 Å². The molecule has 0 spiro atoms. The fourth-order valence-corrected chi connectivity index (χ4v) is 1.48. The Morgan fingerprint density at radius 2 is 1.83 bits per heavy atom. The van der Waals surface area contributed by atoms with E-state index in [9.17, 15) is 0 Å². The summed E-state index contributed by atoms with van der Waals surface area (Å²) in [4.78, 5) is 2.26. The van der Waals surface area contributed by atoms with Crippen LogP contribution in [0.15, 0.2) is 0 Å². The van der Waals surface area contributed by atoms with Gasteiger partial charge in [0.1, 0.15) is 0 Å². The van der Waals surface area contributed by atoms with Gasteiger partial charge in [-0.25, -0.2) is 0 Å². The standard InChI is InChI=1S/C10H24N2/c1-6-10(3,8-11-7-2)9-12(4)5/h11H,6-9H2,1-5H3. The predicted molar refractivity (Wildman–Crippen MR) is 55.5 cm³/mol. The monoisotopic (exact) mass is 172 g/mol. The summed E-state index contributed by atoms with van der Waals surface area (Å²) in [5.74, 6) is 0. The quantitative estimate of drug-likeness (QED) is 0.654. The molecule has 74 valence electrons. The zero-order valence-electron chi connectivity index (χ0n) is 9.28. The van der Waals surface area contributed by atoms with Gasteiger partial charge in [-0.1, -0.05) is 20.8 Å². The van der Waals surface area contributed by atoms with Crippen LogP contribution in [0.1, 0.15) is 27.2 Å². The van der Waals surface area contributed by atoms with Crippen LogP contribution in [-0.2, 0) is 0 Å². The van der Waals surface area contributed by atoms with E-state index in [1.54, 1.807) is 0 Å². The smallest absolute Gasteiger partial charge is 0.00413 e. The Bertz CT molecular complexity index is 112. The minimum atomic E-state index is 0.430. The van der Waals surface area contributed by atoms with Crippen molar-refractivity contribution < 1.29 is 0 Å². The van der Waals surface area contributed by atoms with Crippen LogP contribution in [0.4, 0.5) is 0 Å². The molecule has 0 rings (SSSR count). The van der Waals surface area contributed by atoms with Crippen molar-refractivity contribution in [3.63, 3.8) is 0 Å². The minimum absolute atomic E-state index is 0.430. The number of hydrogen-bond acceptors (Lipinski definition) is 2. The lowest BCUT2D eigenvalue weighted by Crippen LogP contribution is -2.39. The largest absolute Gasteiger partial charge is 0.316 e. The molecule has 0 aromatic rings. The number of nitrogens with zero attached hydrogens (tertiary/aromatic N) is 1. The van der Waals surface area contributed by atoms with Crippen LogP contribution in [-0.4, -0.2) is 38.6 Å². The third-order valence-corrected chi connectivity index (χ3v) is 2.35. The highest BCUT2D eigenvalue weighted by atomic mass is 15.1. The molecule has 0 aliphatic heterocycles. The van der Waals surface area contributed by atoms with E-state index in [1.807, 2.05) is 0 Å². The van der Waals surface area contributed by atoms with E-state index in [2.05, 4.69) is 45.1 Å². The Morgan fingerprint density at radius 3 is 2.17 bits per heavy atom. The van der Waals surface area contributed by atoms with Crippen LogP contribution in [0, 0.1) is 5.41 Å². The maximum Gasteiger partial charge on any atom is 0.00413 e. The molecule has 2 heteroatoms. The molecule has 0 amide bonds. The summed E-state index contributed by atoms with van der Waals surface area (Å²) in [7, 11) is 4.28. The predicted octanol–water partition coefficient (Wildman–Crippen LogP) is 1.57. The second-order valence-electron chi connectivity index (χ2n) is 4.18. The van der Waals surface area contributed by atoms with Gasteiger partial charge in [0.15, 0.2) is 0 Å². The summed E-state index contributed by atoms with van der Waals surface area (Å²) in [6.07, 6.45) is 1.23. The second-order valence-corrected chi connectivity index (χ2v) is 4.18. The summed E-state index contributed by atoms with van der Waals surface area (Å²) in [6.45, 7) is 10.1. The average Bonchev–Trinajstić information content (AvgIpc) is 2.00. The summed E-state index contributed by atoms with van der Waals surface area (Å²) >= 11 is 0. The van der Waals surface area contributed by atoms with E-state index in [4.69, 9.17) is 0 Å². The average molecular weight is 172 g/mol. The lowest BCUT2D eigenvalue weighted by atomic mass is 9.87. The molecule has 0 aliphatic carbocycles. The molecule has 0 fully saturated rings.